The van der Waals surface area contributed by atoms with Crippen LogP contribution in [0.15, 0.2) is 12.1 Å². The van der Waals surface area contributed by atoms with Crippen LogP contribution in [-0.2, 0) is 0 Å². The minimum absolute atomic E-state index is 0.646. The highest BCUT2D eigenvalue weighted by Gasteiger charge is 2.05. The van der Waals surface area contributed by atoms with Crippen molar-refractivity contribution in [2.24, 2.45) is 0 Å². The van der Waals surface area contributed by atoms with E-state index in [4.69, 9.17) is 10.00 Å². The van der Waals surface area contributed by atoms with Crippen LogP contribution in [0.25, 0.3) is 0 Å². The third-order valence-electron chi connectivity index (χ3n) is 1.91. The number of halogens is 1. The summed E-state index contributed by atoms with van der Waals surface area (Å²) in [5.74, 6) is 0.892. The molecule has 0 amide bonds. The molecule has 0 saturated carbocycles. The van der Waals surface area contributed by atoms with Gasteiger partial charge in [-0.05, 0) is 37.1 Å². The molecule has 0 aliphatic carbocycles. The van der Waals surface area contributed by atoms with Gasteiger partial charge < -0.3 is 4.74 Å². The second-order valence-corrected chi connectivity index (χ2v) is 3.88. The molecule has 1 aromatic rings. The Morgan fingerprint density at radius 2 is 1.93 bits per heavy atom. The van der Waals surface area contributed by atoms with Crippen molar-refractivity contribution >= 4 is 15.9 Å². The highest BCUT2D eigenvalue weighted by molar-refractivity contribution is 9.09. The van der Waals surface area contributed by atoms with Crippen LogP contribution < -0.4 is 4.74 Å². The molecule has 0 unspecified atom stereocenters. The van der Waals surface area contributed by atoms with Gasteiger partial charge in [0, 0.05) is 5.33 Å². The van der Waals surface area contributed by atoms with Gasteiger partial charge in [-0.2, -0.15) is 5.26 Å². The van der Waals surface area contributed by atoms with Gasteiger partial charge in [0.1, 0.15) is 5.75 Å². The second kappa shape index (κ2) is 5.02. The molecule has 0 aromatic heterocycles. The molecule has 2 nitrogen and oxygen atoms in total. The van der Waals surface area contributed by atoms with Gasteiger partial charge in [-0.25, -0.2) is 0 Å². The van der Waals surface area contributed by atoms with Gasteiger partial charge in [-0.15, -0.1) is 0 Å². The average molecular weight is 254 g/mol. The van der Waals surface area contributed by atoms with Gasteiger partial charge in [0.15, 0.2) is 0 Å². The zero-order valence-electron chi connectivity index (χ0n) is 8.30. The number of hydrogen-bond acceptors (Lipinski definition) is 2. The van der Waals surface area contributed by atoms with E-state index in [0.29, 0.717) is 12.2 Å². The summed E-state index contributed by atoms with van der Waals surface area (Å²) in [6.07, 6.45) is 0. The summed E-state index contributed by atoms with van der Waals surface area (Å²) in [5.41, 5.74) is 2.72. The Labute approximate surface area is 92.6 Å². The molecule has 0 heterocycles. The Morgan fingerprint density at radius 1 is 1.36 bits per heavy atom. The first-order valence-electron chi connectivity index (χ1n) is 4.39. The van der Waals surface area contributed by atoms with Gasteiger partial charge in [-0.1, -0.05) is 15.9 Å². The first kappa shape index (κ1) is 11.1. The zero-order chi connectivity index (χ0) is 10.6. The molecule has 14 heavy (non-hydrogen) atoms. The topological polar surface area (TPSA) is 33.0 Å². The van der Waals surface area contributed by atoms with E-state index in [2.05, 4.69) is 22.0 Å². The summed E-state index contributed by atoms with van der Waals surface area (Å²) in [4.78, 5) is 0. The summed E-state index contributed by atoms with van der Waals surface area (Å²) >= 11 is 3.31. The normalized spacial score (nSPS) is 9.57. The number of nitrogens with zero attached hydrogens (tertiary/aromatic N) is 1. The molecule has 3 heteroatoms. The molecule has 0 aliphatic heterocycles. The highest BCUT2D eigenvalue weighted by atomic mass is 79.9. The van der Waals surface area contributed by atoms with Gasteiger partial charge in [0.2, 0.25) is 0 Å². The highest BCUT2D eigenvalue weighted by Crippen LogP contribution is 2.24. The van der Waals surface area contributed by atoms with Crippen molar-refractivity contribution in [3.8, 4) is 11.8 Å². The SMILES string of the molecule is Cc1cc(C#N)cc(C)c1OCCBr. The molecule has 1 aromatic carbocycles. The second-order valence-electron chi connectivity index (χ2n) is 3.09. The third kappa shape index (κ3) is 2.49. The van der Waals surface area contributed by atoms with Crippen LogP contribution in [0.2, 0.25) is 0 Å². The first-order chi connectivity index (χ1) is 6.69. The van der Waals surface area contributed by atoms with Gasteiger partial charge in [0.05, 0.1) is 18.2 Å². The minimum atomic E-state index is 0.646. The smallest absolute Gasteiger partial charge is 0.125 e. The molecule has 0 aliphatic rings. The zero-order valence-corrected chi connectivity index (χ0v) is 9.89. The molecule has 0 bridgehead atoms. The van der Waals surface area contributed by atoms with E-state index in [9.17, 15) is 0 Å². The molecular formula is C11H12BrNO. The van der Waals surface area contributed by atoms with Crippen molar-refractivity contribution in [3.63, 3.8) is 0 Å². The van der Waals surface area contributed by atoms with E-state index in [-0.39, 0.29) is 0 Å². The number of nitriles is 1. The monoisotopic (exact) mass is 253 g/mol. The number of hydrogen-bond donors (Lipinski definition) is 0. The van der Waals surface area contributed by atoms with E-state index < -0.39 is 0 Å². The summed E-state index contributed by atoms with van der Waals surface area (Å²) in [5, 5.41) is 9.57. The van der Waals surface area contributed by atoms with Crippen LogP contribution in [0.4, 0.5) is 0 Å². The lowest BCUT2D eigenvalue weighted by atomic mass is 10.1. The van der Waals surface area contributed by atoms with Crippen LogP contribution in [0.5, 0.6) is 5.75 Å². The number of benzene rings is 1. The molecule has 0 spiro atoms. The predicted molar refractivity (Wildman–Crippen MR) is 59.9 cm³/mol. The van der Waals surface area contributed by atoms with Crippen molar-refractivity contribution in [2.45, 2.75) is 13.8 Å². The van der Waals surface area contributed by atoms with Crippen molar-refractivity contribution in [2.75, 3.05) is 11.9 Å². The Morgan fingerprint density at radius 3 is 2.36 bits per heavy atom. The quantitative estimate of drug-likeness (QED) is 0.777. The van der Waals surface area contributed by atoms with Crippen molar-refractivity contribution < 1.29 is 4.74 Å². The van der Waals surface area contributed by atoms with E-state index >= 15 is 0 Å². The average Bonchev–Trinajstić information content (AvgIpc) is 2.16. The molecule has 0 atom stereocenters. The van der Waals surface area contributed by atoms with Crippen LogP contribution in [0.1, 0.15) is 16.7 Å². The maximum absolute atomic E-state index is 8.76. The Hall–Kier alpha value is -1.01. The summed E-state index contributed by atoms with van der Waals surface area (Å²) in [6.45, 7) is 4.56. The van der Waals surface area contributed by atoms with Crippen LogP contribution in [0.3, 0.4) is 0 Å². The Kier molecular flexibility index (Phi) is 3.97. The number of alkyl halides is 1. The van der Waals surface area contributed by atoms with E-state index in [1.807, 2.05) is 26.0 Å². The lowest BCUT2D eigenvalue weighted by Crippen LogP contribution is -2.01. The lowest BCUT2D eigenvalue weighted by Gasteiger charge is -2.11. The first-order valence-corrected chi connectivity index (χ1v) is 5.51. The Bertz CT molecular complexity index is 345. The predicted octanol–water partition coefficient (Wildman–Crippen LogP) is 2.95. The number of aryl methyl sites for hydroxylation is 2. The maximum Gasteiger partial charge on any atom is 0.125 e. The van der Waals surface area contributed by atoms with Crippen LogP contribution in [-0.4, -0.2) is 11.9 Å². The minimum Gasteiger partial charge on any atom is -0.492 e. The summed E-state index contributed by atoms with van der Waals surface area (Å²) < 4.78 is 5.56. The lowest BCUT2D eigenvalue weighted by molar-refractivity contribution is 0.340. The molecule has 0 N–H and O–H groups in total. The fourth-order valence-corrected chi connectivity index (χ4v) is 1.55. The molecular weight excluding hydrogens is 242 g/mol. The number of ether oxygens (including phenoxy) is 1. The van der Waals surface area contributed by atoms with Crippen molar-refractivity contribution in [1.29, 1.82) is 5.26 Å². The standard InChI is InChI=1S/C11H12BrNO/c1-8-5-10(7-13)6-9(2)11(8)14-4-3-12/h5-6H,3-4H2,1-2H3. The molecule has 0 saturated heterocycles. The summed E-state index contributed by atoms with van der Waals surface area (Å²) in [7, 11) is 0. The van der Waals surface area contributed by atoms with Gasteiger partial charge >= 0.3 is 0 Å². The molecule has 0 fully saturated rings. The largest absolute Gasteiger partial charge is 0.492 e. The van der Waals surface area contributed by atoms with Crippen molar-refractivity contribution in [3.05, 3.63) is 28.8 Å². The molecule has 1 rings (SSSR count). The molecule has 0 radical (unpaired) electrons. The third-order valence-corrected chi connectivity index (χ3v) is 2.24. The fraction of sp³-hybridized carbons (Fsp3) is 0.364. The summed E-state index contributed by atoms with van der Waals surface area (Å²) in [6, 6.07) is 5.81. The fourth-order valence-electron chi connectivity index (χ4n) is 1.38. The van der Waals surface area contributed by atoms with Crippen LogP contribution >= 0.6 is 15.9 Å². The van der Waals surface area contributed by atoms with Crippen LogP contribution in [0, 0.1) is 25.2 Å². The van der Waals surface area contributed by atoms with Gasteiger partial charge in [0.25, 0.3) is 0 Å². The van der Waals surface area contributed by atoms with E-state index in [1.54, 1.807) is 0 Å². The molecule has 74 valence electrons. The van der Waals surface area contributed by atoms with Gasteiger partial charge in [-0.3, -0.25) is 0 Å². The Balaban J connectivity index is 3.01. The van der Waals surface area contributed by atoms with E-state index in [1.165, 1.54) is 0 Å². The maximum atomic E-state index is 8.76. The van der Waals surface area contributed by atoms with E-state index in [0.717, 1.165) is 22.2 Å². The number of rotatable bonds is 3. The van der Waals surface area contributed by atoms with Crippen molar-refractivity contribution in [1.82, 2.24) is 0 Å².